The molecule has 0 aliphatic heterocycles. The Morgan fingerprint density at radius 2 is 2.17 bits per heavy atom. The number of methoxy groups -OCH3 is 1. The second-order valence-corrected chi connectivity index (χ2v) is 4.38. The van der Waals surface area contributed by atoms with E-state index in [2.05, 4.69) is 10.3 Å². The highest BCUT2D eigenvalue weighted by Gasteiger charge is 2.18. The zero-order chi connectivity index (χ0) is 13.8. The molecule has 6 nitrogen and oxygen atoms in total. The molecule has 0 fully saturated rings. The predicted octanol–water partition coefficient (Wildman–Crippen LogP) is 0.935. The highest BCUT2D eigenvalue weighted by Crippen LogP contribution is 2.06. The molecule has 2 N–H and O–H groups in total. The van der Waals surface area contributed by atoms with E-state index in [-0.39, 0.29) is 17.2 Å². The van der Waals surface area contributed by atoms with Crippen LogP contribution in [0.4, 0.5) is 0 Å². The van der Waals surface area contributed by atoms with Gasteiger partial charge in [-0.05, 0) is 26.0 Å². The van der Waals surface area contributed by atoms with Crippen LogP contribution in [0, 0.1) is 0 Å². The minimum absolute atomic E-state index is 0.159. The maximum absolute atomic E-state index is 11.8. The number of aromatic carboxylic acids is 1. The summed E-state index contributed by atoms with van der Waals surface area (Å²) in [6.07, 6.45) is 1.29. The number of nitrogens with one attached hydrogen (secondary N) is 1. The minimum Gasteiger partial charge on any atom is -0.477 e. The number of ether oxygens (including phenoxy) is 1. The van der Waals surface area contributed by atoms with Crippen LogP contribution >= 0.6 is 0 Å². The maximum Gasteiger partial charge on any atom is 0.354 e. The fraction of sp³-hybridized carbons (Fsp3) is 0.417. The Hall–Kier alpha value is -1.95. The molecule has 1 aromatic rings. The van der Waals surface area contributed by atoms with E-state index in [0.29, 0.717) is 6.54 Å². The summed E-state index contributed by atoms with van der Waals surface area (Å²) in [5, 5.41) is 11.4. The number of hydrogen-bond acceptors (Lipinski definition) is 4. The smallest absolute Gasteiger partial charge is 0.354 e. The Labute approximate surface area is 105 Å². The third kappa shape index (κ3) is 3.81. The number of carboxylic acids is 1. The lowest BCUT2D eigenvalue weighted by molar-refractivity contribution is 0.0228. The topological polar surface area (TPSA) is 88.5 Å². The number of carbonyl (C=O) groups excluding carboxylic acids is 1. The first-order chi connectivity index (χ1) is 8.35. The van der Waals surface area contributed by atoms with Gasteiger partial charge in [0.05, 0.1) is 5.60 Å². The molecule has 0 aliphatic carbocycles. The summed E-state index contributed by atoms with van der Waals surface area (Å²) in [6.45, 7) is 4.00. The van der Waals surface area contributed by atoms with Crippen LogP contribution in [0.2, 0.25) is 0 Å². The molecule has 0 aromatic carbocycles. The molecule has 0 saturated carbocycles. The Morgan fingerprint density at radius 3 is 2.72 bits per heavy atom. The molecule has 1 rings (SSSR count). The largest absolute Gasteiger partial charge is 0.477 e. The summed E-state index contributed by atoms with van der Waals surface area (Å²) in [4.78, 5) is 26.2. The lowest BCUT2D eigenvalue weighted by Gasteiger charge is -2.23. The normalized spacial score (nSPS) is 11.1. The summed E-state index contributed by atoms with van der Waals surface area (Å²) in [7, 11) is 1.56. The van der Waals surface area contributed by atoms with E-state index in [1.165, 1.54) is 18.3 Å². The molecule has 1 heterocycles. The molecule has 98 valence electrons. The molecule has 1 amide bonds. The molecule has 0 saturated heterocycles. The van der Waals surface area contributed by atoms with Gasteiger partial charge in [-0.1, -0.05) is 0 Å². The Bertz CT molecular complexity index is 457. The zero-order valence-electron chi connectivity index (χ0n) is 10.6. The summed E-state index contributed by atoms with van der Waals surface area (Å²) >= 11 is 0. The number of amides is 1. The van der Waals surface area contributed by atoms with Gasteiger partial charge in [-0.25, -0.2) is 9.78 Å². The Kier molecular flexibility index (Phi) is 4.38. The van der Waals surface area contributed by atoms with Crippen molar-refractivity contribution in [2.24, 2.45) is 0 Å². The molecule has 1 aromatic heterocycles. The lowest BCUT2D eigenvalue weighted by Crippen LogP contribution is -2.39. The minimum atomic E-state index is -1.16. The van der Waals surface area contributed by atoms with E-state index in [0.717, 1.165) is 0 Å². The Morgan fingerprint density at radius 1 is 1.50 bits per heavy atom. The van der Waals surface area contributed by atoms with Crippen molar-refractivity contribution in [3.63, 3.8) is 0 Å². The van der Waals surface area contributed by atoms with Crippen molar-refractivity contribution in [1.82, 2.24) is 10.3 Å². The van der Waals surface area contributed by atoms with Crippen molar-refractivity contribution in [2.45, 2.75) is 19.4 Å². The summed E-state index contributed by atoms with van der Waals surface area (Å²) in [5.74, 6) is -1.52. The fourth-order valence-corrected chi connectivity index (χ4v) is 1.16. The van der Waals surface area contributed by atoms with Crippen molar-refractivity contribution in [1.29, 1.82) is 0 Å². The first-order valence-corrected chi connectivity index (χ1v) is 5.38. The third-order valence-corrected chi connectivity index (χ3v) is 2.47. The monoisotopic (exact) mass is 252 g/mol. The molecule has 0 radical (unpaired) electrons. The van der Waals surface area contributed by atoms with Crippen LogP contribution < -0.4 is 5.32 Å². The molecule has 0 bridgehead atoms. The van der Waals surface area contributed by atoms with E-state index in [4.69, 9.17) is 9.84 Å². The van der Waals surface area contributed by atoms with E-state index >= 15 is 0 Å². The fourth-order valence-electron chi connectivity index (χ4n) is 1.16. The highest BCUT2D eigenvalue weighted by atomic mass is 16.5. The van der Waals surface area contributed by atoms with Crippen molar-refractivity contribution in [3.05, 3.63) is 29.6 Å². The SMILES string of the molecule is COC(C)(C)CNC(=O)c1ccnc(C(=O)O)c1. The van der Waals surface area contributed by atoms with Crippen molar-refractivity contribution < 1.29 is 19.4 Å². The van der Waals surface area contributed by atoms with Gasteiger partial charge in [0.1, 0.15) is 5.69 Å². The van der Waals surface area contributed by atoms with Gasteiger partial charge in [-0.2, -0.15) is 0 Å². The van der Waals surface area contributed by atoms with Crippen molar-refractivity contribution in [2.75, 3.05) is 13.7 Å². The number of nitrogens with zero attached hydrogens (tertiary/aromatic N) is 1. The first kappa shape index (κ1) is 14.1. The van der Waals surface area contributed by atoms with E-state index in [9.17, 15) is 9.59 Å². The summed E-state index contributed by atoms with van der Waals surface area (Å²) < 4.78 is 5.16. The molecular weight excluding hydrogens is 236 g/mol. The molecule has 0 spiro atoms. The number of rotatable bonds is 5. The lowest BCUT2D eigenvalue weighted by atomic mass is 10.1. The standard InChI is InChI=1S/C12H16N2O4/c1-12(2,18-3)7-14-10(15)8-4-5-13-9(6-8)11(16)17/h4-6H,7H2,1-3H3,(H,14,15)(H,16,17). The van der Waals surface area contributed by atoms with Gasteiger partial charge in [0, 0.05) is 25.4 Å². The first-order valence-electron chi connectivity index (χ1n) is 5.38. The molecular formula is C12H16N2O4. The van der Waals surface area contributed by atoms with Crippen LogP contribution in [-0.2, 0) is 4.74 Å². The molecule has 18 heavy (non-hydrogen) atoms. The average molecular weight is 252 g/mol. The molecule has 0 unspecified atom stereocenters. The zero-order valence-corrected chi connectivity index (χ0v) is 10.6. The van der Waals surface area contributed by atoms with Crippen LogP contribution in [0.3, 0.4) is 0 Å². The second-order valence-electron chi connectivity index (χ2n) is 4.38. The van der Waals surface area contributed by atoms with Crippen LogP contribution in [0.25, 0.3) is 0 Å². The van der Waals surface area contributed by atoms with Gasteiger partial charge in [-0.3, -0.25) is 4.79 Å². The van der Waals surface area contributed by atoms with Crippen LogP contribution in [0.1, 0.15) is 34.7 Å². The summed E-state index contributed by atoms with van der Waals surface area (Å²) in [5.41, 5.74) is -0.374. The van der Waals surface area contributed by atoms with Gasteiger partial charge >= 0.3 is 5.97 Å². The van der Waals surface area contributed by atoms with E-state index in [1.54, 1.807) is 7.11 Å². The quantitative estimate of drug-likeness (QED) is 0.814. The van der Waals surface area contributed by atoms with Gasteiger partial charge < -0.3 is 15.2 Å². The van der Waals surface area contributed by atoms with Gasteiger partial charge in [-0.15, -0.1) is 0 Å². The number of pyridine rings is 1. The van der Waals surface area contributed by atoms with Crippen LogP contribution in [0.15, 0.2) is 18.3 Å². The van der Waals surface area contributed by atoms with Gasteiger partial charge in [0.2, 0.25) is 0 Å². The number of hydrogen-bond donors (Lipinski definition) is 2. The molecule has 6 heteroatoms. The third-order valence-electron chi connectivity index (χ3n) is 2.47. The van der Waals surface area contributed by atoms with Crippen LogP contribution in [0.5, 0.6) is 0 Å². The van der Waals surface area contributed by atoms with Crippen LogP contribution in [-0.4, -0.2) is 41.2 Å². The molecule has 0 aliphatic rings. The van der Waals surface area contributed by atoms with Gasteiger partial charge in [0.25, 0.3) is 5.91 Å². The number of carboxylic acid groups (broad SMARTS) is 1. The predicted molar refractivity (Wildman–Crippen MR) is 64.6 cm³/mol. The second kappa shape index (κ2) is 5.59. The highest BCUT2D eigenvalue weighted by molar-refractivity contribution is 5.96. The Balaban J connectivity index is 2.73. The number of aromatic nitrogens is 1. The van der Waals surface area contributed by atoms with Gasteiger partial charge in [0.15, 0.2) is 0 Å². The van der Waals surface area contributed by atoms with E-state index < -0.39 is 11.6 Å². The average Bonchev–Trinajstić information content (AvgIpc) is 2.36. The van der Waals surface area contributed by atoms with Crippen molar-refractivity contribution in [3.8, 4) is 0 Å². The maximum atomic E-state index is 11.8. The molecule has 0 atom stereocenters. The van der Waals surface area contributed by atoms with E-state index in [1.807, 2.05) is 13.8 Å². The summed E-state index contributed by atoms with van der Waals surface area (Å²) in [6, 6.07) is 2.69. The number of carbonyl (C=O) groups is 2. The van der Waals surface area contributed by atoms with Crippen molar-refractivity contribution >= 4 is 11.9 Å².